The van der Waals surface area contributed by atoms with Gasteiger partial charge in [-0.25, -0.2) is 8.42 Å². The molecule has 0 bridgehead atoms. The molecule has 0 aliphatic rings. The Morgan fingerprint density at radius 1 is 1.21 bits per heavy atom. The van der Waals surface area contributed by atoms with Crippen LogP contribution in [0.15, 0.2) is 48.7 Å². The molecule has 0 fully saturated rings. The molecular weight excluding hydrogens is 330 g/mol. The predicted octanol–water partition coefficient (Wildman–Crippen LogP) is 1.49. The van der Waals surface area contributed by atoms with Gasteiger partial charge >= 0.3 is 0 Å². The number of benzene rings is 1. The zero-order valence-electron chi connectivity index (χ0n) is 13.5. The fourth-order valence-electron chi connectivity index (χ4n) is 2.00. The van der Waals surface area contributed by atoms with Crippen LogP contribution < -0.4 is 10.1 Å². The van der Waals surface area contributed by atoms with E-state index in [1.54, 1.807) is 55.8 Å². The van der Waals surface area contributed by atoms with E-state index in [-0.39, 0.29) is 13.1 Å². The number of nitrogens with zero attached hydrogens (tertiary/aromatic N) is 2. The summed E-state index contributed by atoms with van der Waals surface area (Å²) in [7, 11) is -2.00. The Balaban J connectivity index is 2.04. The second-order valence-electron chi connectivity index (χ2n) is 5.13. The molecule has 1 heterocycles. The molecule has 2 rings (SSSR count). The van der Waals surface area contributed by atoms with Crippen LogP contribution >= 0.6 is 0 Å². The highest BCUT2D eigenvalue weighted by atomic mass is 32.2. The van der Waals surface area contributed by atoms with Crippen LogP contribution in [0.25, 0.3) is 0 Å². The number of sulfonamides is 1. The van der Waals surface area contributed by atoms with Crippen molar-refractivity contribution in [2.45, 2.75) is 6.54 Å². The van der Waals surface area contributed by atoms with Crippen LogP contribution in [0.1, 0.15) is 5.69 Å². The normalized spacial score (nSPS) is 11.3. The van der Waals surface area contributed by atoms with Crippen LogP contribution in [-0.4, -0.2) is 43.5 Å². The first-order chi connectivity index (χ1) is 11.4. The number of aromatic nitrogens is 1. The van der Waals surface area contributed by atoms with E-state index in [0.717, 1.165) is 10.6 Å². The summed E-state index contributed by atoms with van der Waals surface area (Å²) < 4.78 is 29.9. The van der Waals surface area contributed by atoms with Crippen LogP contribution in [0.3, 0.4) is 0 Å². The number of pyridine rings is 1. The molecule has 1 amide bonds. The average molecular weight is 349 g/mol. The maximum Gasteiger partial charge on any atom is 0.239 e. The Hall–Kier alpha value is -2.45. The van der Waals surface area contributed by atoms with E-state index in [4.69, 9.17) is 4.74 Å². The lowest BCUT2D eigenvalue weighted by Crippen LogP contribution is -2.37. The molecule has 8 heteroatoms. The van der Waals surface area contributed by atoms with Gasteiger partial charge in [0.25, 0.3) is 0 Å². The monoisotopic (exact) mass is 349 g/mol. The summed E-state index contributed by atoms with van der Waals surface area (Å²) in [6, 6.07) is 12.0. The van der Waals surface area contributed by atoms with Crippen molar-refractivity contribution in [3.63, 3.8) is 0 Å². The van der Waals surface area contributed by atoms with Crippen LogP contribution in [0.4, 0.5) is 5.69 Å². The molecule has 0 aliphatic heterocycles. The second kappa shape index (κ2) is 7.89. The lowest BCUT2D eigenvalue weighted by Gasteiger charge is -2.19. The van der Waals surface area contributed by atoms with Crippen LogP contribution in [0.2, 0.25) is 0 Å². The van der Waals surface area contributed by atoms with E-state index in [0.29, 0.717) is 17.1 Å². The van der Waals surface area contributed by atoms with Crippen molar-refractivity contribution < 1.29 is 17.9 Å². The summed E-state index contributed by atoms with van der Waals surface area (Å²) in [6.07, 6.45) is 2.64. The van der Waals surface area contributed by atoms with Gasteiger partial charge in [-0.3, -0.25) is 9.78 Å². The van der Waals surface area contributed by atoms with Crippen molar-refractivity contribution in [3.8, 4) is 5.75 Å². The van der Waals surface area contributed by atoms with Gasteiger partial charge in [0, 0.05) is 11.9 Å². The summed E-state index contributed by atoms with van der Waals surface area (Å²) in [5, 5.41) is 2.66. The Labute approximate surface area is 141 Å². The van der Waals surface area contributed by atoms with Crippen molar-refractivity contribution in [3.05, 3.63) is 54.4 Å². The van der Waals surface area contributed by atoms with Crippen molar-refractivity contribution in [2.24, 2.45) is 0 Å². The minimum atomic E-state index is -3.55. The molecule has 0 atom stereocenters. The topological polar surface area (TPSA) is 88.6 Å². The third kappa shape index (κ3) is 5.32. The first-order valence-corrected chi connectivity index (χ1v) is 9.02. The van der Waals surface area contributed by atoms with Gasteiger partial charge < -0.3 is 10.1 Å². The summed E-state index contributed by atoms with van der Waals surface area (Å²) >= 11 is 0. The largest absolute Gasteiger partial charge is 0.497 e. The molecule has 24 heavy (non-hydrogen) atoms. The van der Waals surface area contributed by atoms with Crippen molar-refractivity contribution in [1.82, 2.24) is 9.29 Å². The van der Waals surface area contributed by atoms with Gasteiger partial charge in [-0.15, -0.1) is 0 Å². The Kier molecular flexibility index (Phi) is 5.88. The number of nitrogens with one attached hydrogen (secondary N) is 1. The van der Waals surface area contributed by atoms with Gasteiger partial charge in [-0.05, 0) is 36.4 Å². The Morgan fingerprint density at radius 2 is 1.92 bits per heavy atom. The number of rotatable bonds is 7. The van der Waals surface area contributed by atoms with E-state index in [2.05, 4.69) is 10.3 Å². The minimum absolute atomic E-state index is 0.0374. The van der Waals surface area contributed by atoms with E-state index in [1.807, 2.05) is 0 Å². The lowest BCUT2D eigenvalue weighted by molar-refractivity contribution is -0.116. The molecule has 0 radical (unpaired) electrons. The predicted molar refractivity (Wildman–Crippen MR) is 91.1 cm³/mol. The maximum atomic E-state index is 12.1. The maximum absolute atomic E-state index is 12.1. The second-order valence-corrected chi connectivity index (χ2v) is 7.11. The van der Waals surface area contributed by atoms with Gasteiger partial charge in [-0.1, -0.05) is 6.07 Å². The molecule has 1 aromatic heterocycles. The fourth-order valence-corrected chi connectivity index (χ4v) is 2.72. The van der Waals surface area contributed by atoms with Crippen molar-refractivity contribution in [2.75, 3.05) is 25.2 Å². The molecule has 0 spiro atoms. The highest BCUT2D eigenvalue weighted by Gasteiger charge is 2.21. The van der Waals surface area contributed by atoms with E-state index in [1.165, 1.54) is 0 Å². The fraction of sp³-hybridized carbons (Fsp3) is 0.250. The zero-order valence-corrected chi connectivity index (χ0v) is 14.3. The summed E-state index contributed by atoms with van der Waals surface area (Å²) in [5.74, 6) is 0.238. The average Bonchev–Trinajstić information content (AvgIpc) is 2.55. The molecule has 1 N–H and O–H groups in total. The minimum Gasteiger partial charge on any atom is -0.497 e. The number of amides is 1. The highest BCUT2D eigenvalue weighted by molar-refractivity contribution is 7.88. The third-order valence-electron chi connectivity index (χ3n) is 3.23. The van der Waals surface area contributed by atoms with Gasteiger partial charge in [0.1, 0.15) is 5.75 Å². The summed E-state index contributed by atoms with van der Waals surface area (Å²) in [5.41, 5.74) is 1.13. The van der Waals surface area contributed by atoms with Gasteiger partial charge in [0.15, 0.2) is 0 Å². The SMILES string of the molecule is COc1ccc(NC(=O)CN(Cc2ccccn2)S(C)(=O)=O)cc1. The molecule has 7 nitrogen and oxygen atoms in total. The van der Waals surface area contributed by atoms with E-state index < -0.39 is 15.9 Å². The van der Waals surface area contributed by atoms with Crippen LogP contribution in [0, 0.1) is 0 Å². The quantitative estimate of drug-likeness (QED) is 0.818. The first kappa shape index (κ1) is 17.9. The van der Waals surface area contributed by atoms with E-state index in [9.17, 15) is 13.2 Å². The van der Waals surface area contributed by atoms with Gasteiger partial charge in [0.05, 0.1) is 32.1 Å². The van der Waals surface area contributed by atoms with Crippen molar-refractivity contribution >= 4 is 21.6 Å². The molecule has 0 saturated carbocycles. The number of anilines is 1. The van der Waals surface area contributed by atoms with Gasteiger partial charge in [-0.2, -0.15) is 4.31 Å². The number of ether oxygens (including phenoxy) is 1. The van der Waals surface area contributed by atoms with Crippen LogP contribution in [0.5, 0.6) is 5.75 Å². The highest BCUT2D eigenvalue weighted by Crippen LogP contribution is 2.15. The van der Waals surface area contributed by atoms with Gasteiger partial charge in [0.2, 0.25) is 15.9 Å². The number of carbonyl (C=O) groups is 1. The first-order valence-electron chi connectivity index (χ1n) is 7.17. The molecular formula is C16H19N3O4S. The van der Waals surface area contributed by atoms with Crippen molar-refractivity contribution in [1.29, 1.82) is 0 Å². The molecule has 2 aromatic rings. The van der Waals surface area contributed by atoms with Crippen LogP contribution in [-0.2, 0) is 21.4 Å². The number of methoxy groups -OCH3 is 1. The lowest BCUT2D eigenvalue weighted by atomic mass is 10.3. The molecule has 0 aliphatic carbocycles. The Bertz CT molecular complexity index is 777. The molecule has 0 unspecified atom stereocenters. The zero-order chi connectivity index (χ0) is 17.6. The smallest absolute Gasteiger partial charge is 0.239 e. The summed E-state index contributed by atoms with van der Waals surface area (Å²) in [6.45, 7) is -0.253. The van der Waals surface area contributed by atoms with E-state index >= 15 is 0 Å². The Morgan fingerprint density at radius 3 is 2.46 bits per heavy atom. The standard InChI is InChI=1S/C16H19N3O4S/c1-23-15-8-6-13(7-9-15)18-16(20)12-19(24(2,21)22)11-14-5-3-4-10-17-14/h3-10H,11-12H2,1-2H3,(H,18,20). The molecule has 0 saturated heterocycles. The number of hydrogen-bond donors (Lipinski definition) is 1. The molecule has 1 aromatic carbocycles. The molecule has 128 valence electrons. The summed E-state index contributed by atoms with van der Waals surface area (Å²) in [4.78, 5) is 16.2. The number of hydrogen-bond acceptors (Lipinski definition) is 5. The number of carbonyl (C=O) groups excluding carboxylic acids is 1. The third-order valence-corrected chi connectivity index (χ3v) is 4.42.